The Labute approximate surface area is 98.9 Å². The second-order valence-corrected chi connectivity index (χ2v) is 3.89. The number of hydrogen-bond acceptors (Lipinski definition) is 4. The lowest BCUT2D eigenvalue weighted by Gasteiger charge is -2.05. The van der Waals surface area contributed by atoms with Crippen molar-refractivity contribution in [1.82, 2.24) is 19.6 Å². The van der Waals surface area contributed by atoms with Gasteiger partial charge in [-0.15, -0.1) is 21.8 Å². The Hall–Kier alpha value is -1.36. The highest BCUT2D eigenvalue weighted by molar-refractivity contribution is 6.17. The fraction of sp³-hybridized carbons (Fsp3) is 0.500. The standard InChI is InChI=1S/C10H14ClN5/c11-4-2-1-3-5-12-9-10-15-14-8-16(10)7-6-13-9/h6-8H,1-5H2,(H,12,13). The minimum Gasteiger partial charge on any atom is -0.367 e. The van der Waals surface area contributed by atoms with Crippen molar-refractivity contribution < 1.29 is 0 Å². The summed E-state index contributed by atoms with van der Waals surface area (Å²) in [6.45, 7) is 0.885. The molecule has 0 atom stereocenters. The van der Waals surface area contributed by atoms with Gasteiger partial charge in [-0.2, -0.15) is 0 Å². The zero-order chi connectivity index (χ0) is 11.2. The highest BCUT2D eigenvalue weighted by Crippen LogP contribution is 2.09. The summed E-state index contributed by atoms with van der Waals surface area (Å²) >= 11 is 5.61. The SMILES string of the molecule is ClCCCCCNc1nccn2cnnc12. The molecule has 2 aromatic rings. The summed E-state index contributed by atoms with van der Waals surface area (Å²) < 4.78 is 1.84. The first-order valence-corrected chi connectivity index (χ1v) is 5.89. The molecule has 86 valence electrons. The van der Waals surface area contributed by atoms with Gasteiger partial charge in [0.2, 0.25) is 5.65 Å². The molecule has 0 aliphatic rings. The van der Waals surface area contributed by atoms with Crippen LogP contribution in [0.15, 0.2) is 18.7 Å². The maximum Gasteiger partial charge on any atom is 0.203 e. The molecule has 2 heterocycles. The van der Waals surface area contributed by atoms with Crippen molar-refractivity contribution in [3.8, 4) is 0 Å². The van der Waals surface area contributed by atoms with E-state index in [1.165, 1.54) is 0 Å². The summed E-state index contributed by atoms with van der Waals surface area (Å²) in [7, 11) is 0. The minimum atomic E-state index is 0.734. The Balaban J connectivity index is 1.91. The number of nitrogens with one attached hydrogen (secondary N) is 1. The smallest absolute Gasteiger partial charge is 0.203 e. The largest absolute Gasteiger partial charge is 0.367 e. The molecule has 0 spiro atoms. The summed E-state index contributed by atoms with van der Waals surface area (Å²) in [6, 6.07) is 0. The maximum absolute atomic E-state index is 5.61. The number of aromatic nitrogens is 4. The van der Waals surface area contributed by atoms with E-state index in [4.69, 9.17) is 11.6 Å². The van der Waals surface area contributed by atoms with E-state index in [0.29, 0.717) is 0 Å². The number of nitrogens with zero attached hydrogens (tertiary/aromatic N) is 4. The van der Waals surface area contributed by atoms with E-state index in [0.717, 1.165) is 43.2 Å². The van der Waals surface area contributed by atoms with Crippen molar-refractivity contribution >= 4 is 23.1 Å². The molecule has 0 aliphatic heterocycles. The molecule has 0 saturated carbocycles. The first-order valence-electron chi connectivity index (χ1n) is 5.36. The molecule has 0 fully saturated rings. The zero-order valence-electron chi connectivity index (χ0n) is 8.93. The summed E-state index contributed by atoms with van der Waals surface area (Å²) in [6.07, 6.45) is 8.50. The molecule has 16 heavy (non-hydrogen) atoms. The molecule has 6 heteroatoms. The van der Waals surface area contributed by atoms with Gasteiger partial charge in [0, 0.05) is 24.8 Å². The van der Waals surface area contributed by atoms with Gasteiger partial charge in [0.25, 0.3) is 0 Å². The van der Waals surface area contributed by atoms with Crippen LogP contribution in [-0.4, -0.2) is 32.0 Å². The van der Waals surface area contributed by atoms with Crippen LogP contribution in [0.25, 0.3) is 5.65 Å². The normalized spacial score (nSPS) is 10.8. The number of unbranched alkanes of at least 4 members (excludes halogenated alkanes) is 2. The average Bonchev–Trinajstić information content (AvgIpc) is 2.77. The molecule has 1 N–H and O–H groups in total. The molecule has 0 saturated heterocycles. The molecule has 0 aliphatic carbocycles. The Morgan fingerprint density at radius 3 is 3.12 bits per heavy atom. The molecule has 0 bridgehead atoms. The van der Waals surface area contributed by atoms with Crippen LogP contribution in [0.2, 0.25) is 0 Å². The van der Waals surface area contributed by atoms with E-state index >= 15 is 0 Å². The summed E-state index contributed by atoms with van der Waals surface area (Å²) in [5.41, 5.74) is 0.764. The number of hydrogen-bond donors (Lipinski definition) is 1. The van der Waals surface area contributed by atoms with Gasteiger partial charge in [-0.1, -0.05) is 6.42 Å². The molecule has 0 aromatic carbocycles. The maximum atomic E-state index is 5.61. The monoisotopic (exact) mass is 239 g/mol. The Bertz CT molecular complexity index is 441. The van der Waals surface area contributed by atoms with Gasteiger partial charge in [0.05, 0.1) is 0 Å². The van der Waals surface area contributed by atoms with Crippen molar-refractivity contribution in [3.63, 3.8) is 0 Å². The molecular formula is C10H14ClN5. The fourth-order valence-corrected chi connectivity index (χ4v) is 1.68. The van der Waals surface area contributed by atoms with Gasteiger partial charge in [0.1, 0.15) is 6.33 Å². The lowest BCUT2D eigenvalue weighted by atomic mass is 10.2. The average molecular weight is 240 g/mol. The van der Waals surface area contributed by atoms with E-state index in [2.05, 4.69) is 20.5 Å². The Morgan fingerprint density at radius 2 is 2.25 bits per heavy atom. The van der Waals surface area contributed by atoms with Crippen molar-refractivity contribution in [2.45, 2.75) is 19.3 Å². The Morgan fingerprint density at radius 1 is 1.31 bits per heavy atom. The lowest BCUT2D eigenvalue weighted by molar-refractivity contribution is 0.746. The van der Waals surface area contributed by atoms with Crippen LogP contribution in [0.1, 0.15) is 19.3 Å². The predicted molar refractivity (Wildman–Crippen MR) is 63.8 cm³/mol. The topological polar surface area (TPSA) is 55.1 Å². The van der Waals surface area contributed by atoms with Crippen molar-refractivity contribution in [3.05, 3.63) is 18.7 Å². The number of rotatable bonds is 6. The third kappa shape index (κ3) is 2.61. The van der Waals surface area contributed by atoms with E-state index in [1.807, 2.05) is 10.6 Å². The van der Waals surface area contributed by atoms with Crippen LogP contribution < -0.4 is 5.32 Å². The number of fused-ring (bicyclic) bond motifs is 1. The zero-order valence-corrected chi connectivity index (χ0v) is 9.69. The van der Waals surface area contributed by atoms with Gasteiger partial charge >= 0.3 is 0 Å². The molecule has 0 radical (unpaired) electrons. The van der Waals surface area contributed by atoms with Gasteiger partial charge in [0.15, 0.2) is 5.82 Å². The second-order valence-electron chi connectivity index (χ2n) is 3.51. The number of alkyl halides is 1. The molecule has 0 unspecified atom stereocenters. The lowest BCUT2D eigenvalue weighted by Crippen LogP contribution is -2.05. The summed E-state index contributed by atoms with van der Waals surface area (Å²) in [5.74, 6) is 1.52. The van der Waals surface area contributed by atoms with E-state index in [-0.39, 0.29) is 0 Å². The van der Waals surface area contributed by atoms with Gasteiger partial charge in [-0.3, -0.25) is 4.40 Å². The summed E-state index contributed by atoms with van der Waals surface area (Å²) in [5, 5.41) is 11.1. The Kier molecular flexibility index (Phi) is 3.93. The van der Waals surface area contributed by atoms with Crippen LogP contribution in [-0.2, 0) is 0 Å². The number of anilines is 1. The second kappa shape index (κ2) is 5.65. The highest BCUT2D eigenvalue weighted by atomic mass is 35.5. The van der Waals surface area contributed by atoms with Gasteiger partial charge in [-0.05, 0) is 12.8 Å². The van der Waals surface area contributed by atoms with Crippen LogP contribution in [0, 0.1) is 0 Å². The third-order valence-corrected chi connectivity index (χ3v) is 2.59. The molecule has 5 nitrogen and oxygen atoms in total. The van der Waals surface area contributed by atoms with Gasteiger partial charge < -0.3 is 5.32 Å². The molecular weight excluding hydrogens is 226 g/mol. The van der Waals surface area contributed by atoms with Crippen LogP contribution >= 0.6 is 11.6 Å². The van der Waals surface area contributed by atoms with Crippen molar-refractivity contribution in [1.29, 1.82) is 0 Å². The number of halogens is 1. The van der Waals surface area contributed by atoms with Crippen LogP contribution in [0.4, 0.5) is 5.82 Å². The van der Waals surface area contributed by atoms with Crippen LogP contribution in [0.3, 0.4) is 0 Å². The highest BCUT2D eigenvalue weighted by Gasteiger charge is 2.02. The van der Waals surface area contributed by atoms with Crippen molar-refractivity contribution in [2.75, 3.05) is 17.7 Å². The van der Waals surface area contributed by atoms with E-state index in [9.17, 15) is 0 Å². The first kappa shape index (κ1) is 11.1. The van der Waals surface area contributed by atoms with Crippen molar-refractivity contribution in [2.24, 2.45) is 0 Å². The van der Waals surface area contributed by atoms with E-state index < -0.39 is 0 Å². The van der Waals surface area contributed by atoms with Crippen LogP contribution in [0.5, 0.6) is 0 Å². The minimum absolute atomic E-state index is 0.734. The summed E-state index contributed by atoms with van der Waals surface area (Å²) in [4.78, 5) is 4.24. The predicted octanol–water partition coefficient (Wildman–Crippen LogP) is 1.95. The quantitative estimate of drug-likeness (QED) is 0.618. The molecule has 0 amide bonds. The molecule has 2 rings (SSSR count). The first-order chi connectivity index (χ1) is 7.92. The fourth-order valence-electron chi connectivity index (χ4n) is 1.49. The van der Waals surface area contributed by atoms with E-state index in [1.54, 1.807) is 12.5 Å². The third-order valence-electron chi connectivity index (χ3n) is 2.32. The van der Waals surface area contributed by atoms with Gasteiger partial charge in [-0.25, -0.2) is 4.98 Å². The molecule has 2 aromatic heterocycles.